The molecule has 0 fully saturated rings. The van der Waals surface area contributed by atoms with E-state index in [4.69, 9.17) is 17.3 Å². The van der Waals surface area contributed by atoms with E-state index in [-0.39, 0.29) is 6.04 Å². The quantitative estimate of drug-likeness (QED) is 0.878. The van der Waals surface area contributed by atoms with Gasteiger partial charge in [-0.15, -0.1) is 22.7 Å². The van der Waals surface area contributed by atoms with Gasteiger partial charge in [-0.05, 0) is 18.4 Å². The van der Waals surface area contributed by atoms with E-state index in [0.717, 1.165) is 20.6 Å². The molecular weight excluding hydrogens is 236 g/mol. The number of hydrogen-bond acceptors (Lipinski definition) is 4. The van der Waals surface area contributed by atoms with Crippen LogP contribution in [0.15, 0.2) is 16.8 Å². The van der Waals surface area contributed by atoms with E-state index in [1.165, 1.54) is 0 Å². The van der Waals surface area contributed by atoms with E-state index in [1.807, 2.05) is 23.8 Å². The number of thiophene rings is 1. The lowest BCUT2D eigenvalue weighted by Crippen LogP contribution is -2.03. The average molecular weight is 245 g/mol. The Bertz CT molecular complexity index is 433. The van der Waals surface area contributed by atoms with E-state index < -0.39 is 0 Å². The standard InChI is InChI=1S/C9H9ClN2S2/c1-5(11)9-12-7(4-14-9)8-6(10)2-3-13-8/h2-5H,11H2,1H3. The number of aromatic nitrogens is 1. The third-order valence-electron chi connectivity index (χ3n) is 1.76. The van der Waals surface area contributed by atoms with Crippen LogP contribution in [-0.2, 0) is 0 Å². The number of rotatable bonds is 2. The third kappa shape index (κ3) is 1.83. The summed E-state index contributed by atoms with van der Waals surface area (Å²) in [7, 11) is 0. The molecule has 2 aromatic heterocycles. The Morgan fingerprint density at radius 2 is 2.29 bits per heavy atom. The van der Waals surface area contributed by atoms with Crippen LogP contribution < -0.4 is 5.73 Å². The minimum atomic E-state index is -0.00696. The number of thiazole rings is 1. The smallest absolute Gasteiger partial charge is 0.110 e. The van der Waals surface area contributed by atoms with Crippen LogP contribution in [0.2, 0.25) is 5.02 Å². The molecule has 0 saturated heterocycles. The first-order valence-electron chi connectivity index (χ1n) is 4.13. The molecule has 0 aromatic carbocycles. The molecule has 2 nitrogen and oxygen atoms in total. The van der Waals surface area contributed by atoms with Crippen molar-refractivity contribution in [3.63, 3.8) is 0 Å². The highest BCUT2D eigenvalue weighted by Gasteiger charge is 2.11. The number of hydrogen-bond donors (Lipinski definition) is 1. The Balaban J connectivity index is 2.39. The van der Waals surface area contributed by atoms with Crippen molar-refractivity contribution in [3.8, 4) is 10.6 Å². The molecule has 0 spiro atoms. The van der Waals surface area contributed by atoms with Gasteiger partial charge >= 0.3 is 0 Å². The minimum Gasteiger partial charge on any atom is -0.322 e. The molecule has 1 unspecified atom stereocenters. The van der Waals surface area contributed by atoms with Crippen LogP contribution in [0.4, 0.5) is 0 Å². The molecular formula is C9H9ClN2S2. The van der Waals surface area contributed by atoms with Crippen LogP contribution in [0, 0.1) is 0 Å². The normalized spacial score (nSPS) is 13.1. The fourth-order valence-electron chi connectivity index (χ4n) is 1.08. The molecule has 74 valence electrons. The largest absolute Gasteiger partial charge is 0.322 e. The summed E-state index contributed by atoms with van der Waals surface area (Å²) in [6, 6.07) is 1.87. The first-order chi connectivity index (χ1) is 6.68. The van der Waals surface area contributed by atoms with Crippen LogP contribution in [0.3, 0.4) is 0 Å². The van der Waals surface area contributed by atoms with E-state index in [2.05, 4.69) is 4.98 Å². The van der Waals surface area contributed by atoms with Crippen LogP contribution >= 0.6 is 34.3 Å². The van der Waals surface area contributed by atoms with Crippen LogP contribution in [0.25, 0.3) is 10.6 Å². The molecule has 0 radical (unpaired) electrons. The van der Waals surface area contributed by atoms with Crippen LogP contribution in [0.1, 0.15) is 18.0 Å². The van der Waals surface area contributed by atoms with Gasteiger partial charge in [0.15, 0.2) is 0 Å². The van der Waals surface area contributed by atoms with Gasteiger partial charge in [0.25, 0.3) is 0 Å². The summed E-state index contributed by atoms with van der Waals surface area (Å²) in [6.07, 6.45) is 0. The highest BCUT2D eigenvalue weighted by Crippen LogP contribution is 2.34. The summed E-state index contributed by atoms with van der Waals surface area (Å²) in [5, 5.41) is 5.67. The lowest BCUT2D eigenvalue weighted by Gasteiger charge is -1.96. The Hall–Kier alpha value is -0.420. The van der Waals surface area contributed by atoms with Crippen molar-refractivity contribution < 1.29 is 0 Å². The van der Waals surface area contributed by atoms with Gasteiger partial charge in [0, 0.05) is 5.38 Å². The molecule has 2 aromatic rings. The Morgan fingerprint density at radius 3 is 2.79 bits per heavy atom. The van der Waals surface area contributed by atoms with Crippen molar-refractivity contribution in [1.82, 2.24) is 4.98 Å². The summed E-state index contributed by atoms with van der Waals surface area (Å²) < 4.78 is 0. The highest BCUT2D eigenvalue weighted by atomic mass is 35.5. The third-order valence-corrected chi connectivity index (χ3v) is 4.17. The second kappa shape index (κ2) is 3.98. The first kappa shape index (κ1) is 10.1. The van der Waals surface area contributed by atoms with E-state index in [0.29, 0.717) is 0 Å². The predicted molar refractivity (Wildman–Crippen MR) is 63.0 cm³/mol. The fraction of sp³-hybridized carbons (Fsp3) is 0.222. The van der Waals surface area contributed by atoms with Crippen LogP contribution in [-0.4, -0.2) is 4.98 Å². The van der Waals surface area contributed by atoms with E-state index >= 15 is 0 Å². The molecule has 1 atom stereocenters. The Morgan fingerprint density at radius 1 is 1.50 bits per heavy atom. The van der Waals surface area contributed by atoms with Gasteiger partial charge in [0.1, 0.15) is 5.01 Å². The summed E-state index contributed by atoms with van der Waals surface area (Å²) in [5.74, 6) is 0. The maximum Gasteiger partial charge on any atom is 0.110 e. The molecule has 2 heterocycles. The summed E-state index contributed by atoms with van der Waals surface area (Å²) in [4.78, 5) is 5.46. The monoisotopic (exact) mass is 244 g/mol. The molecule has 5 heteroatoms. The molecule has 14 heavy (non-hydrogen) atoms. The molecule has 0 amide bonds. The summed E-state index contributed by atoms with van der Waals surface area (Å²) in [5.41, 5.74) is 6.67. The number of halogens is 1. The molecule has 0 bridgehead atoms. The van der Waals surface area contributed by atoms with Gasteiger partial charge < -0.3 is 5.73 Å². The molecule has 0 saturated carbocycles. The molecule has 2 rings (SSSR count). The zero-order valence-corrected chi connectivity index (χ0v) is 9.92. The van der Waals surface area contributed by atoms with Crippen molar-refractivity contribution >= 4 is 34.3 Å². The van der Waals surface area contributed by atoms with Crippen molar-refractivity contribution in [2.75, 3.05) is 0 Å². The van der Waals surface area contributed by atoms with Crippen molar-refractivity contribution in [1.29, 1.82) is 0 Å². The SMILES string of the molecule is CC(N)c1nc(-c2sccc2Cl)cs1. The fourth-order valence-corrected chi connectivity index (χ4v) is 3.04. The Labute approximate surface area is 95.4 Å². The van der Waals surface area contributed by atoms with Crippen molar-refractivity contribution in [3.05, 3.63) is 26.9 Å². The lowest BCUT2D eigenvalue weighted by atomic mass is 10.3. The molecule has 0 aliphatic heterocycles. The molecule has 0 aliphatic carbocycles. The topological polar surface area (TPSA) is 38.9 Å². The van der Waals surface area contributed by atoms with Gasteiger partial charge in [-0.1, -0.05) is 11.6 Å². The van der Waals surface area contributed by atoms with Crippen molar-refractivity contribution in [2.24, 2.45) is 5.73 Å². The molecule has 2 N–H and O–H groups in total. The maximum atomic E-state index is 6.01. The summed E-state index contributed by atoms with van der Waals surface area (Å²) in [6.45, 7) is 1.93. The summed E-state index contributed by atoms with van der Waals surface area (Å²) >= 11 is 9.18. The zero-order valence-electron chi connectivity index (χ0n) is 7.53. The van der Waals surface area contributed by atoms with Gasteiger partial charge in [0.05, 0.1) is 21.6 Å². The average Bonchev–Trinajstić information content (AvgIpc) is 2.71. The maximum absolute atomic E-state index is 6.01. The van der Waals surface area contributed by atoms with Crippen LogP contribution in [0.5, 0.6) is 0 Å². The van der Waals surface area contributed by atoms with E-state index in [9.17, 15) is 0 Å². The molecule has 0 aliphatic rings. The predicted octanol–water partition coefficient (Wildman–Crippen LogP) is 3.54. The van der Waals surface area contributed by atoms with Gasteiger partial charge in [-0.3, -0.25) is 0 Å². The van der Waals surface area contributed by atoms with Gasteiger partial charge in [-0.25, -0.2) is 4.98 Å². The van der Waals surface area contributed by atoms with Gasteiger partial charge in [0.2, 0.25) is 0 Å². The second-order valence-corrected chi connectivity index (χ2v) is 5.17. The number of nitrogens with zero attached hydrogens (tertiary/aromatic N) is 1. The second-order valence-electron chi connectivity index (χ2n) is 2.96. The highest BCUT2D eigenvalue weighted by molar-refractivity contribution is 7.15. The number of nitrogens with two attached hydrogens (primary N) is 1. The Kier molecular flexibility index (Phi) is 2.88. The van der Waals surface area contributed by atoms with E-state index in [1.54, 1.807) is 22.7 Å². The van der Waals surface area contributed by atoms with Gasteiger partial charge in [-0.2, -0.15) is 0 Å². The first-order valence-corrected chi connectivity index (χ1v) is 6.26. The zero-order chi connectivity index (χ0) is 10.1. The lowest BCUT2D eigenvalue weighted by molar-refractivity contribution is 0.808. The minimum absolute atomic E-state index is 0.00696. The van der Waals surface area contributed by atoms with Crippen molar-refractivity contribution in [2.45, 2.75) is 13.0 Å².